The molecule has 0 fully saturated rings. The number of benzene rings is 1. The zero-order chi connectivity index (χ0) is 13.4. The van der Waals surface area contributed by atoms with Gasteiger partial charge >= 0.3 is 5.97 Å². The quantitative estimate of drug-likeness (QED) is 0.586. The molecule has 0 aliphatic rings. The standard InChI is InChI=1S/C13H18N2O2S/c1-3-10(2)12(14-9-18)13(16)17-15-11-7-5-4-6-8-11/h4-10,12,15H,3H2,1-2H3,(H,14,18)/t10-,12-/m0/s1. The van der Waals surface area contributed by atoms with Crippen LogP contribution in [0, 0.1) is 5.92 Å². The van der Waals surface area contributed by atoms with E-state index in [1.165, 1.54) is 5.49 Å². The van der Waals surface area contributed by atoms with E-state index < -0.39 is 6.04 Å². The van der Waals surface area contributed by atoms with Crippen molar-refractivity contribution in [1.82, 2.24) is 5.32 Å². The number of rotatable bonds is 7. The minimum atomic E-state index is -0.427. The lowest BCUT2D eigenvalue weighted by molar-refractivity contribution is -0.144. The average molecular weight is 266 g/mol. The van der Waals surface area contributed by atoms with Gasteiger partial charge in [0.25, 0.3) is 0 Å². The van der Waals surface area contributed by atoms with Crippen molar-refractivity contribution in [3.8, 4) is 0 Å². The molecule has 0 bridgehead atoms. The predicted octanol–water partition coefficient (Wildman–Crippen LogP) is 2.52. The summed E-state index contributed by atoms with van der Waals surface area (Å²) >= 11 is 4.73. The third kappa shape index (κ3) is 4.33. The van der Waals surface area contributed by atoms with E-state index in [-0.39, 0.29) is 11.9 Å². The summed E-state index contributed by atoms with van der Waals surface area (Å²) in [7, 11) is 0. The first kappa shape index (κ1) is 14.4. The van der Waals surface area contributed by atoms with Gasteiger partial charge in [0.15, 0.2) is 0 Å². The van der Waals surface area contributed by atoms with Gasteiger partial charge in [0.1, 0.15) is 6.04 Å². The second kappa shape index (κ2) is 7.66. The van der Waals surface area contributed by atoms with Gasteiger partial charge in [-0.3, -0.25) is 0 Å². The molecule has 1 aromatic rings. The normalized spacial score (nSPS) is 13.2. The molecule has 0 aliphatic carbocycles. The Morgan fingerprint density at radius 3 is 2.67 bits per heavy atom. The zero-order valence-corrected chi connectivity index (χ0v) is 11.4. The first-order chi connectivity index (χ1) is 8.69. The van der Waals surface area contributed by atoms with Crippen molar-refractivity contribution in [3.05, 3.63) is 30.3 Å². The summed E-state index contributed by atoms with van der Waals surface area (Å²) in [5.74, 6) is -0.219. The molecule has 0 heterocycles. The molecule has 18 heavy (non-hydrogen) atoms. The van der Waals surface area contributed by atoms with Gasteiger partial charge in [0.05, 0.1) is 11.2 Å². The molecule has 0 aliphatic heterocycles. The number of thiocarbonyl (C=S) groups is 1. The molecule has 1 aromatic carbocycles. The summed E-state index contributed by atoms with van der Waals surface area (Å²) in [5, 5.41) is 2.84. The number of nitrogens with one attached hydrogen (secondary N) is 2. The van der Waals surface area contributed by atoms with E-state index >= 15 is 0 Å². The topological polar surface area (TPSA) is 50.4 Å². The second-order valence-electron chi connectivity index (χ2n) is 4.04. The van der Waals surface area contributed by atoms with Crippen LogP contribution in [0.3, 0.4) is 0 Å². The highest BCUT2D eigenvalue weighted by atomic mass is 32.1. The lowest BCUT2D eigenvalue weighted by Gasteiger charge is -2.21. The van der Waals surface area contributed by atoms with Crippen LogP contribution in [0.5, 0.6) is 0 Å². The van der Waals surface area contributed by atoms with Crippen molar-refractivity contribution >= 4 is 29.4 Å². The zero-order valence-electron chi connectivity index (χ0n) is 10.6. The molecule has 0 spiro atoms. The second-order valence-corrected chi connectivity index (χ2v) is 4.27. The van der Waals surface area contributed by atoms with Crippen LogP contribution in [-0.4, -0.2) is 17.5 Å². The monoisotopic (exact) mass is 266 g/mol. The van der Waals surface area contributed by atoms with Crippen molar-refractivity contribution in [1.29, 1.82) is 0 Å². The highest BCUT2D eigenvalue weighted by Gasteiger charge is 2.24. The van der Waals surface area contributed by atoms with Gasteiger partial charge in [0.2, 0.25) is 0 Å². The Labute approximate surface area is 113 Å². The van der Waals surface area contributed by atoms with E-state index in [9.17, 15) is 4.79 Å². The van der Waals surface area contributed by atoms with Gasteiger partial charge in [-0.25, -0.2) is 10.3 Å². The SMILES string of the molecule is CC[C@H](C)[C@H](NC=S)C(=O)ONc1ccccc1. The summed E-state index contributed by atoms with van der Waals surface area (Å²) in [5.41, 5.74) is 4.71. The number of hydrogen-bond acceptors (Lipinski definition) is 4. The van der Waals surface area contributed by atoms with Gasteiger partial charge in [-0.15, -0.1) is 0 Å². The van der Waals surface area contributed by atoms with Crippen molar-refractivity contribution in [2.24, 2.45) is 5.92 Å². The number of hydrogen-bond donors (Lipinski definition) is 2. The van der Waals surface area contributed by atoms with Gasteiger partial charge in [-0.05, 0) is 18.1 Å². The highest BCUT2D eigenvalue weighted by Crippen LogP contribution is 2.10. The molecular formula is C13H18N2O2S. The van der Waals surface area contributed by atoms with E-state index in [1.54, 1.807) is 0 Å². The molecule has 0 radical (unpaired) electrons. The summed E-state index contributed by atoms with van der Waals surface area (Å²) in [6, 6.07) is 8.82. The fourth-order valence-corrected chi connectivity index (χ4v) is 1.60. The Morgan fingerprint density at radius 2 is 2.11 bits per heavy atom. The molecule has 0 unspecified atom stereocenters. The van der Waals surface area contributed by atoms with Gasteiger partial charge in [0, 0.05) is 0 Å². The molecule has 0 aromatic heterocycles. The Bertz CT molecular complexity index is 384. The van der Waals surface area contributed by atoms with Gasteiger partial charge < -0.3 is 10.2 Å². The minimum absolute atomic E-state index is 0.147. The summed E-state index contributed by atoms with van der Waals surface area (Å²) < 4.78 is 0. The highest BCUT2D eigenvalue weighted by molar-refractivity contribution is 7.78. The van der Waals surface area contributed by atoms with Crippen LogP contribution in [0.4, 0.5) is 5.69 Å². The van der Waals surface area contributed by atoms with Crippen LogP contribution >= 0.6 is 12.2 Å². The number of carbonyl (C=O) groups is 1. The van der Waals surface area contributed by atoms with Crippen LogP contribution in [0.2, 0.25) is 0 Å². The van der Waals surface area contributed by atoms with E-state index in [2.05, 4.69) is 10.8 Å². The van der Waals surface area contributed by atoms with E-state index in [0.29, 0.717) is 0 Å². The number of carbonyl (C=O) groups excluding carboxylic acids is 1. The smallest absolute Gasteiger partial charge is 0.354 e. The average Bonchev–Trinajstić information content (AvgIpc) is 2.42. The summed E-state index contributed by atoms with van der Waals surface area (Å²) in [6.07, 6.45) is 0.862. The first-order valence-corrected chi connectivity index (χ1v) is 6.37. The van der Waals surface area contributed by atoms with E-state index in [0.717, 1.165) is 12.1 Å². The molecule has 1 rings (SSSR count). The Hall–Kier alpha value is -1.62. The maximum absolute atomic E-state index is 11.9. The largest absolute Gasteiger partial charge is 0.369 e. The van der Waals surface area contributed by atoms with Crippen molar-refractivity contribution in [2.45, 2.75) is 26.3 Å². The lowest BCUT2D eigenvalue weighted by atomic mass is 10.00. The van der Waals surface area contributed by atoms with Crippen molar-refractivity contribution < 1.29 is 9.63 Å². The Balaban J connectivity index is 2.54. The minimum Gasteiger partial charge on any atom is -0.369 e. The van der Waals surface area contributed by atoms with Crippen LogP contribution in [0.1, 0.15) is 20.3 Å². The van der Waals surface area contributed by atoms with Crippen molar-refractivity contribution in [2.75, 3.05) is 5.48 Å². The maximum atomic E-state index is 11.9. The van der Waals surface area contributed by atoms with Gasteiger partial charge in [-0.1, -0.05) is 50.7 Å². The fraction of sp³-hybridized carbons (Fsp3) is 0.385. The number of anilines is 1. The molecule has 5 heteroatoms. The number of para-hydroxylation sites is 1. The van der Waals surface area contributed by atoms with Crippen molar-refractivity contribution in [3.63, 3.8) is 0 Å². The molecule has 4 nitrogen and oxygen atoms in total. The lowest BCUT2D eigenvalue weighted by Crippen LogP contribution is -2.42. The summed E-state index contributed by atoms with van der Waals surface area (Å²) in [6.45, 7) is 3.99. The molecule has 0 saturated heterocycles. The van der Waals surface area contributed by atoms with Crippen LogP contribution in [0.15, 0.2) is 30.3 Å². The van der Waals surface area contributed by atoms with Crippen LogP contribution in [0.25, 0.3) is 0 Å². The molecule has 2 atom stereocenters. The molecular weight excluding hydrogens is 248 g/mol. The maximum Gasteiger partial charge on any atom is 0.354 e. The molecule has 2 N–H and O–H groups in total. The Morgan fingerprint density at radius 1 is 1.44 bits per heavy atom. The predicted molar refractivity (Wildman–Crippen MR) is 76.2 cm³/mol. The molecule has 98 valence electrons. The fourth-order valence-electron chi connectivity index (χ4n) is 1.45. The van der Waals surface area contributed by atoms with Crippen LogP contribution < -0.4 is 10.8 Å². The third-order valence-electron chi connectivity index (χ3n) is 2.76. The molecule has 0 amide bonds. The van der Waals surface area contributed by atoms with E-state index in [4.69, 9.17) is 17.1 Å². The third-order valence-corrected chi connectivity index (χ3v) is 2.89. The Kier molecular flexibility index (Phi) is 6.14. The van der Waals surface area contributed by atoms with E-state index in [1.807, 2.05) is 44.2 Å². The van der Waals surface area contributed by atoms with Gasteiger partial charge in [-0.2, -0.15) is 0 Å². The first-order valence-electron chi connectivity index (χ1n) is 5.90. The summed E-state index contributed by atoms with van der Waals surface area (Å²) in [4.78, 5) is 16.9. The molecule has 0 saturated carbocycles. The van der Waals surface area contributed by atoms with Crippen LogP contribution in [-0.2, 0) is 9.63 Å².